The Balaban J connectivity index is 3.29. The minimum Gasteiger partial charge on any atom is -0.391 e. The summed E-state index contributed by atoms with van der Waals surface area (Å²) in [7, 11) is 0. The van der Waals surface area contributed by atoms with Crippen LogP contribution in [0.3, 0.4) is 0 Å². The van der Waals surface area contributed by atoms with E-state index in [1.807, 2.05) is 0 Å². The maximum absolute atomic E-state index is 11.7. The Morgan fingerprint density at radius 2 is 1.87 bits per heavy atom. The van der Waals surface area contributed by atoms with E-state index in [0.717, 1.165) is 25.7 Å². The van der Waals surface area contributed by atoms with Crippen LogP contribution >= 0.6 is 0 Å². The number of halogens is 3. The molecule has 0 aromatic heterocycles. The summed E-state index contributed by atoms with van der Waals surface area (Å²) in [6.45, 7) is 0.563. The van der Waals surface area contributed by atoms with Crippen LogP contribution in [-0.4, -0.2) is 30.6 Å². The van der Waals surface area contributed by atoms with E-state index in [9.17, 15) is 18.3 Å². The first-order valence-electron chi connectivity index (χ1n) is 5.28. The van der Waals surface area contributed by atoms with Crippen LogP contribution in [0.5, 0.6) is 0 Å². The zero-order chi connectivity index (χ0) is 11.7. The van der Waals surface area contributed by atoms with Gasteiger partial charge in [0.25, 0.3) is 0 Å². The molecule has 5 heteroatoms. The summed E-state index contributed by atoms with van der Waals surface area (Å²) in [6, 6.07) is 0. The van der Waals surface area contributed by atoms with Gasteiger partial charge in [-0.25, -0.2) is 0 Å². The van der Waals surface area contributed by atoms with Gasteiger partial charge in [0.05, 0.1) is 12.7 Å². The third-order valence-corrected chi connectivity index (χ3v) is 1.97. The molecule has 2 nitrogen and oxygen atoms in total. The largest absolute Gasteiger partial charge is 0.411 e. The van der Waals surface area contributed by atoms with Crippen LogP contribution in [-0.2, 0) is 4.74 Å². The molecular weight excluding hydrogens is 209 g/mol. The minimum atomic E-state index is -4.30. The molecule has 1 atom stereocenters. The highest BCUT2D eigenvalue weighted by Gasteiger charge is 2.27. The molecule has 0 radical (unpaired) electrons. The van der Waals surface area contributed by atoms with Crippen molar-refractivity contribution in [3.63, 3.8) is 0 Å². The third kappa shape index (κ3) is 11.6. The normalized spacial score (nSPS) is 14.2. The molecule has 1 unspecified atom stereocenters. The van der Waals surface area contributed by atoms with E-state index < -0.39 is 18.9 Å². The first kappa shape index (κ1) is 14.7. The van der Waals surface area contributed by atoms with Gasteiger partial charge in [0, 0.05) is 0 Å². The fourth-order valence-corrected chi connectivity index (χ4v) is 1.20. The Morgan fingerprint density at radius 1 is 1.20 bits per heavy atom. The Bertz CT molecular complexity index is 148. The van der Waals surface area contributed by atoms with Crippen LogP contribution in [0.2, 0.25) is 0 Å². The van der Waals surface area contributed by atoms with Gasteiger partial charge in [0.2, 0.25) is 0 Å². The smallest absolute Gasteiger partial charge is 0.391 e. The van der Waals surface area contributed by atoms with E-state index in [1.54, 1.807) is 0 Å². The van der Waals surface area contributed by atoms with Gasteiger partial charge < -0.3 is 9.84 Å². The lowest BCUT2D eigenvalue weighted by atomic mass is 10.1. The van der Waals surface area contributed by atoms with E-state index in [-0.39, 0.29) is 6.61 Å². The van der Waals surface area contributed by atoms with Crippen LogP contribution in [0.1, 0.15) is 39.0 Å². The second-order valence-electron chi connectivity index (χ2n) is 3.63. The molecule has 0 saturated heterocycles. The van der Waals surface area contributed by atoms with Crippen LogP contribution in [0.4, 0.5) is 13.2 Å². The molecule has 0 aliphatic carbocycles. The monoisotopic (exact) mass is 228 g/mol. The van der Waals surface area contributed by atoms with Gasteiger partial charge in [-0.3, -0.25) is 0 Å². The second kappa shape index (κ2) is 7.93. The highest BCUT2D eigenvalue weighted by atomic mass is 19.4. The Hall–Kier alpha value is -0.290. The maximum atomic E-state index is 11.7. The van der Waals surface area contributed by atoms with Crippen LogP contribution in [0, 0.1) is 0 Å². The van der Waals surface area contributed by atoms with Crippen molar-refractivity contribution in [3.8, 4) is 0 Å². The van der Waals surface area contributed by atoms with Crippen molar-refractivity contribution >= 4 is 0 Å². The fourth-order valence-electron chi connectivity index (χ4n) is 1.20. The summed E-state index contributed by atoms with van der Waals surface area (Å²) < 4.78 is 39.3. The Labute approximate surface area is 88.4 Å². The number of ether oxygens (including phenoxy) is 1. The van der Waals surface area contributed by atoms with Crippen LogP contribution in [0.25, 0.3) is 0 Å². The molecule has 0 aromatic carbocycles. The minimum absolute atomic E-state index is 0.231. The molecule has 0 aliphatic rings. The van der Waals surface area contributed by atoms with Crippen molar-refractivity contribution in [2.75, 3.05) is 13.2 Å². The molecule has 0 heterocycles. The van der Waals surface area contributed by atoms with Crippen molar-refractivity contribution in [1.29, 1.82) is 0 Å². The molecule has 0 bridgehead atoms. The SMILES string of the molecule is CCCCCCC(O)COCC(F)(F)F. The molecule has 15 heavy (non-hydrogen) atoms. The Morgan fingerprint density at radius 3 is 2.40 bits per heavy atom. The maximum Gasteiger partial charge on any atom is 0.411 e. The van der Waals surface area contributed by atoms with Gasteiger partial charge in [-0.1, -0.05) is 32.6 Å². The van der Waals surface area contributed by atoms with E-state index in [0.29, 0.717) is 6.42 Å². The van der Waals surface area contributed by atoms with E-state index in [2.05, 4.69) is 11.7 Å². The topological polar surface area (TPSA) is 29.5 Å². The summed E-state index contributed by atoms with van der Waals surface area (Å²) in [6.07, 6.45) is -0.530. The lowest BCUT2D eigenvalue weighted by molar-refractivity contribution is -0.179. The van der Waals surface area contributed by atoms with Gasteiger partial charge in [-0.2, -0.15) is 13.2 Å². The molecule has 0 aromatic rings. The third-order valence-electron chi connectivity index (χ3n) is 1.97. The highest BCUT2D eigenvalue weighted by molar-refractivity contribution is 4.55. The summed E-state index contributed by atoms with van der Waals surface area (Å²) in [5.41, 5.74) is 0. The van der Waals surface area contributed by atoms with Crippen LogP contribution < -0.4 is 0 Å². The average molecular weight is 228 g/mol. The van der Waals surface area contributed by atoms with E-state index >= 15 is 0 Å². The molecule has 0 spiro atoms. The fraction of sp³-hybridized carbons (Fsp3) is 1.00. The lowest BCUT2D eigenvalue weighted by Crippen LogP contribution is -2.22. The summed E-state index contributed by atoms with van der Waals surface area (Å²) in [5, 5.41) is 9.25. The van der Waals surface area contributed by atoms with Crippen molar-refractivity contribution in [2.24, 2.45) is 0 Å². The summed E-state index contributed by atoms with van der Waals surface area (Å²) in [4.78, 5) is 0. The number of rotatable bonds is 8. The predicted octanol–water partition coefficient (Wildman–Crippen LogP) is 2.90. The zero-order valence-electron chi connectivity index (χ0n) is 9.02. The molecule has 1 N–H and O–H groups in total. The van der Waals surface area contributed by atoms with Crippen molar-refractivity contribution in [2.45, 2.75) is 51.3 Å². The van der Waals surface area contributed by atoms with Gasteiger partial charge in [0.15, 0.2) is 0 Å². The van der Waals surface area contributed by atoms with E-state index in [1.165, 1.54) is 0 Å². The lowest BCUT2D eigenvalue weighted by Gasteiger charge is -2.12. The standard InChI is InChI=1S/C10H19F3O2/c1-2-3-4-5-6-9(14)7-15-8-10(11,12)13/h9,14H,2-8H2,1H3. The Kier molecular flexibility index (Phi) is 7.78. The molecule has 0 rings (SSSR count). The number of unbranched alkanes of at least 4 members (excludes halogenated alkanes) is 3. The molecule has 0 amide bonds. The van der Waals surface area contributed by atoms with Crippen molar-refractivity contribution in [1.82, 2.24) is 0 Å². The molecule has 92 valence electrons. The number of alkyl halides is 3. The van der Waals surface area contributed by atoms with Gasteiger partial charge in [-0.15, -0.1) is 0 Å². The number of aliphatic hydroxyl groups is 1. The van der Waals surface area contributed by atoms with Gasteiger partial charge in [0.1, 0.15) is 6.61 Å². The number of aliphatic hydroxyl groups excluding tert-OH is 1. The predicted molar refractivity (Wildman–Crippen MR) is 51.6 cm³/mol. The van der Waals surface area contributed by atoms with Crippen molar-refractivity contribution < 1.29 is 23.0 Å². The summed E-state index contributed by atoms with van der Waals surface area (Å²) >= 11 is 0. The number of hydrogen-bond donors (Lipinski definition) is 1. The van der Waals surface area contributed by atoms with Crippen molar-refractivity contribution in [3.05, 3.63) is 0 Å². The van der Waals surface area contributed by atoms with E-state index in [4.69, 9.17) is 0 Å². The molecule has 0 saturated carbocycles. The first-order valence-corrected chi connectivity index (χ1v) is 5.28. The van der Waals surface area contributed by atoms with Gasteiger partial charge in [-0.05, 0) is 6.42 Å². The quantitative estimate of drug-likeness (QED) is 0.647. The zero-order valence-corrected chi connectivity index (χ0v) is 9.02. The first-order chi connectivity index (χ1) is 6.95. The van der Waals surface area contributed by atoms with Crippen LogP contribution in [0.15, 0.2) is 0 Å². The highest BCUT2D eigenvalue weighted by Crippen LogP contribution is 2.15. The number of hydrogen-bond acceptors (Lipinski definition) is 2. The van der Waals surface area contributed by atoms with Gasteiger partial charge >= 0.3 is 6.18 Å². The molecule has 0 fully saturated rings. The summed E-state index contributed by atoms with van der Waals surface area (Å²) in [5.74, 6) is 0. The second-order valence-corrected chi connectivity index (χ2v) is 3.63. The molecular formula is C10H19F3O2. The molecule has 0 aliphatic heterocycles. The average Bonchev–Trinajstić information content (AvgIpc) is 2.10.